The Hall–Kier alpha value is -2.88. The Morgan fingerprint density at radius 2 is 1.64 bits per heavy atom. The maximum Gasteiger partial charge on any atom is 0.127 e. The summed E-state index contributed by atoms with van der Waals surface area (Å²) in [5.41, 5.74) is 2.91. The van der Waals surface area contributed by atoms with Crippen LogP contribution in [0.4, 0.5) is 11.4 Å². The van der Waals surface area contributed by atoms with Crippen LogP contribution < -0.4 is 15.4 Å². The summed E-state index contributed by atoms with van der Waals surface area (Å²) in [6, 6.07) is 17.7. The van der Waals surface area contributed by atoms with Crippen molar-refractivity contribution in [3.05, 3.63) is 60.2 Å². The van der Waals surface area contributed by atoms with Crippen molar-refractivity contribution >= 4 is 22.1 Å². The van der Waals surface area contributed by atoms with Crippen LogP contribution in [-0.2, 0) is 0 Å². The fourth-order valence-electron chi connectivity index (χ4n) is 2.98. The van der Waals surface area contributed by atoms with Gasteiger partial charge in [0.2, 0.25) is 0 Å². The van der Waals surface area contributed by atoms with Crippen molar-refractivity contribution in [1.29, 1.82) is 0 Å². The zero-order chi connectivity index (χ0) is 15.1. The van der Waals surface area contributed by atoms with Gasteiger partial charge in [0.15, 0.2) is 0 Å². The molecule has 4 nitrogen and oxygen atoms in total. The first-order chi connectivity index (χ1) is 10.8. The first-order valence-electron chi connectivity index (χ1n) is 7.18. The monoisotopic (exact) mass is 292 g/mol. The molecule has 0 saturated heterocycles. The average Bonchev–Trinajstić information content (AvgIpc) is 2.55. The van der Waals surface area contributed by atoms with Crippen LogP contribution in [-0.4, -0.2) is 12.2 Å². The number of hydrogen-bond acceptors (Lipinski definition) is 4. The summed E-state index contributed by atoms with van der Waals surface area (Å²) in [4.78, 5) is 0. The van der Waals surface area contributed by atoms with Gasteiger partial charge in [-0.1, -0.05) is 24.3 Å². The predicted octanol–water partition coefficient (Wildman–Crippen LogP) is 4.09. The number of benzene rings is 3. The summed E-state index contributed by atoms with van der Waals surface area (Å²) in [6.45, 7) is 0. The van der Waals surface area contributed by atoms with Crippen LogP contribution >= 0.6 is 0 Å². The van der Waals surface area contributed by atoms with Crippen LogP contribution in [0, 0.1) is 0 Å². The van der Waals surface area contributed by atoms with Crippen LogP contribution in [0.3, 0.4) is 0 Å². The van der Waals surface area contributed by atoms with E-state index in [1.165, 1.54) is 10.8 Å². The number of hydrogen-bond donors (Lipinski definition) is 3. The molecule has 22 heavy (non-hydrogen) atoms. The molecule has 0 spiro atoms. The normalized spacial score (nSPS) is 13.5. The maximum absolute atomic E-state index is 10.3. The summed E-state index contributed by atoms with van der Waals surface area (Å²) in [5, 5.41) is 19.5. The highest BCUT2D eigenvalue weighted by Crippen LogP contribution is 2.40. The van der Waals surface area contributed by atoms with Crippen LogP contribution in [0.5, 0.6) is 11.5 Å². The lowest BCUT2D eigenvalue weighted by Crippen LogP contribution is -2.23. The van der Waals surface area contributed by atoms with Crippen LogP contribution in [0.15, 0.2) is 54.6 Å². The van der Waals surface area contributed by atoms with E-state index in [1.54, 1.807) is 13.2 Å². The van der Waals surface area contributed by atoms with Gasteiger partial charge >= 0.3 is 0 Å². The van der Waals surface area contributed by atoms with E-state index in [-0.39, 0.29) is 11.9 Å². The molecule has 0 atom stereocenters. The Balaban J connectivity index is 1.78. The van der Waals surface area contributed by atoms with Gasteiger partial charge in [-0.05, 0) is 29.7 Å². The molecule has 1 heterocycles. The summed E-state index contributed by atoms with van der Waals surface area (Å²) in [5.74, 6) is 0.843. The number of phenolic OH excluding ortho intramolecular Hbond substituents is 1. The molecule has 3 aromatic rings. The van der Waals surface area contributed by atoms with Crippen LogP contribution in [0.25, 0.3) is 10.8 Å². The van der Waals surface area contributed by atoms with Crippen LogP contribution in [0.2, 0.25) is 0 Å². The van der Waals surface area contributed by atoms with Crippen LogP contribution in [0.1, 0.15) is 11.7 Å². The Kier molecular flexibility index (Phi) is 2.82. The first kappa shape index (κ1) is 12.8. The number of methoxy groups -OCH3 is 1. The van der Waals surface area contributed by atoms with E-state index in [4.69, 9.17) is 4.74 Å². The molecule has 0 saturated carbocycles. The Morgan fingerprint density at radius 3 is 2.23 bits per heavy atom. The summed E-state index contributed by atoms with van der Waals surface area (Å²) >= 11 is 0. The van der Waals surface area contributed by atoms with Crippen molar-refractivity contribution in [2.24, 2.45) is 0 Å². The highest BCUT2D eigenvalue weighted by atomic mass is 16.5. The summed E-state index contributed by atoms with van der Waals surface area (Å²) < 4.78 is 5.14. The topological polar surface area (TPSA) is 53.5 Å². The molecule has 0 fully saturated rings. The highest BCUT2D eigenvalue weighted by Gasteiger charge is 2.22. The van der Waals surface area contributed by atoms with Crippen molar-refractivity contribution in [2.75, 3.05) is 17.7 Å². The third-order valence-electron chi connectivity index (χ3n) is 4.05. The van der Waals surface area contributed by atoms with Crippen molar-refractivity contribution in [3.8, 4) is 11.5 Å². The summed E-state index contributed by atoms with van der Waals surface area (Å²) in [6.07, 6.45) is -0.189. The van der Waals surface area contributed by atoms with E-state index in [9.17, 15) is 5.11 Å². The molecule has 0 bridgehead atoms. The zero-order valence-corrected chi connectivity index (χ0v) is 12.1. The van der Waals surface area contributed by atoms with Gasteiger partial charge in [0.1, 0.15) is 17.7 Å². The van der Waals surface area contributed by atoms with Gasteiger partial charge in [0.25, 0.3) is 0 Å². The van der Waals surface area contributed by atoms with Gasteiger partial charge in [-0.3, -0.25) is 0 Å². The maximum atomic E-state index is 10.3. The molecule has 3 aromatic carbocycles. The van der Waals surface area contributed by atoms with E-state index in [2.05, 4.69) is 34.9 Å². The van der Waals surface area contributed by atoms with E-state index >= 15 is 0 Å². The average molecular weight is 292 g/mol. The lowest BCUT2D eigenvalue weighted by atomic mass is 10.0. The minimum Gasteiger partial charge on any atom is -0.507 e. The number of phenols is 1. The fourth-order valence-corrected chi connectivity index (χ4v) is 2.98. The van der Waals surface area contributed by atoms with Crippen molar-refractivity contribution in [2.45, 2.75) is 6.17 Å². The minimum absolute atomic E-state index is 0.189. The molecule has 3 N–H and O–H groups in total. The quantitative estimate of drug-likeness (QED) is 0.666. The standard InChI is InChI=1S/C18H16N2O2/c1-22-12-8-9-13(16(21)10-12)18-19-14-6-2-4-11-5-3-7-15(20-18)17(11)14/h2-10,18-21H,1H3. The van der Waals surface area contributed by atoms with Crippen molar-refractivity contribution in [3.63, 3.8) is 0 Å². The second kappa shape index (κ2) is 4.84. The second-order valence-electron chi connectivity index (χ2n) is 5.36. The number of aromatic hydroxyl groups is 1. The molecular formula is C18H16N2O2. The highest BCUT2D eigenvalue weighted by molar-refractivity contribution is 6.04. The van der Waals surface area contributed by atoms with E-state index < -0.39 is 0 Å². The van der Waals surface area contributed by atoms with Gasteiger partial charge in [0.05, 0.1) is 7.11 Å². The smallest absolute Gasteiger partial charge is 0.127 e. The Labute approximate surface area is 128 Å². The molecule has 1 aliphatic rings. The Bertz CT molecular complexity index is 820. The molecule has 0 aromatic heterocycles. The Morgan fingerprint density at radius 1 is 0.955 bits per heavy atom. The van der Waals surface area contributed by atoms with Gasteiger partial charge < -0.3 is 20.5 Å². The van der Waals surface area contributed by atoms with E-state index in [1.807, 2.05) is 24.3 Å². The lowest BCUT2D eigenvalue weighted by molar-refractivity contribution is 0.406. The van der Waals surface area contributed by atoms with Gasteiger partial charge in [0, 0.05) is 28.4 Å². The predicted molar refractivity (Wildman–Crippen MR) is 88.6 cm³/mol. The fraction of sp³-hybridized carbons (Fsp3) is 0.111. The van der Waals surface area contributed by atoms with E-state index in [0.29, 0.717) is 5.75 Å². The van der Waals surface area contributed by atoms with E-state index in [0.717, 1.165) is 16.9 Å². The number of ether oxygens (including phenoxy) is 1. The molecule has 0 unspecified atom stereocenters. The van der Waals surface area contributed by atoms with Gasteiger partial charge in [-0.25, -0.2) is 0 Å². The molecule has 0 radical (unpaired) electrons. The first-order valence-corrected chi connectivity index (χ1v) is 7.18. The molecule has 0 amide bonds. The third kappa shape index (κ3) is 1.92. The van der Waals surface area contributed by atoms with Crippen molar-refractivity contribution in [1.82, 2.24) is 0 Å². The van der Waals surface area contributed by atoms with Crippen molar-refractivity contribution < 1.29 is 9.84 Å². The SMILES string of the molecule is COc1ccc(C2Nc3cccc4cccc(c34)N2)c(O)c1. The zero-order valence-electron chi connectivity index (χ0n) is 12.1. The molecular weight excluding hydrogens is 276 g/mol. The lowest BCUT2D eigenvalue weighted by Gasteiger charge is -2.30. The third-order valence-corrected chi connectivity index (χ3v) is 4.05. The second-order valence-corrected chi connectivity index (χ2v) is 5.36. The summed E-state index contributed by atoms with van der Waals surface area (Å²) in [7, 11) is 1.59. The molecule has 4 heteroatoms. The van der Waals surface area contributed by atoms with Gasteiger partial charge in [-0.15, -0.1) is 0 Å². The number of anilines is 2. The largest absolute Gasteiger partial charge is 0.507 e. The molecule has 0 aliphatic carbocycles. The molecule has 110 valence electrons. The number of nitrogens with one attached hydrogen (secondary N) is 2. The van der Waals surface area contributed by atoms with Gasteiger partial charge in [-0.2, -0.15) is 0 Å². The molecule has 1 aliphatic heterocycles. The minimum atomic E-state index is -0.189. The molecule has 4 rings (SSSR count). The number of rotatable bonds is 2.